The van der Waals surface area contributed by atoms with Crippen molar-refractivity contribution < 1.29 is 23.4 Å². The van der Waals surface area contributed by atoms with E-state index in [4.69, 9.17) is 5.11 Å². The number of sulfonamides is 1. The van der Waals surface area contributed by atoms with Crippen molar-refractivity contribution in [1.29, 1.82) is 0 Å². The highest BCUT2D eigenvalue weighted by Gasteiger charge is 2.26. The lowest BCUT2D eigenvalue weighted by molar-refractivity contribution is -0.141. The van der Waals surface area contributed by atoms with Gasteiger partial charge in [-0.1, -0.05) is 6.07 Å². The maximum absolute atomic E-state index is 11.7. The molecule has 7 nitrogen and oxygen atoms in total. The molecule has 0 saturated carbocycles. The first kappa shape index (κ1) is 16.5. The van der Waals surface area contributed by atoms with Gasteiger partial charge in [-0.2, -0.15) is 0 Å². The lowest BCUT2D eigenvalue weighted by atomic mass is 10.0. The number of aryl methyl sites for hydroxylation is 1. The molecule has 1 heterocycles. The topological polar surface area (TPSA) is 117 Å². The Morgan fingerprint density at radius 2 is 2.15 bits per heavy atom. The number of carboxylic acid groups (broad SMARTS) is 1. The fraction of sp³-hybridized carbons (Fsp3) is 0.500. The van der Waals surface area contributed by atoms with E-state index in [9.17, 15) is 18.3 Å². The second-order valence-electron chi connectivity index (χ2n) is 4.78. The van der Waals surface area contributed by atoms with Crippen LogP contribution in [-0.4, -0.2) is 47.5 Å². The first-order valence-electron chi connectivity index (χ1n) is 6.02. The van der Waals surface area contributed by atoms with Crippen molar-refractivity contribution in [2.24, 2.45) is 0 Å². The molecule has 0 aromatic carbocycles. The molecule has 0 aliphatic rings. The van der Waals surface area contributed by atoms with E-state index in [1.165, 1.54) is 6.92 Å². The Balaban J connectivity index is 2.48. The smallest absolute Gasteiger partial charge is 0.306 e. The van der Waals surface area contributed by atoms with Gasteiger partial charge in [-0.15, -0.1) is 0 Å². The number of nitrogens with one attached hydrogen (secondary N) is 1. The van der Waals surface area contributed by atoms with Crippen LogP contribution in [0.4, 0.5) is 0 Å². The van der Waals surface area contributed by atoms with E-state index in [1.54, 1.807) is 24.4 Å². The number of hydrogen-bond acceptors (Lipinski definition) is 5. The zero-order valence-electron chi connectivity index (χ0n) is 11.1. The SMILES string of the molecule is CC(O)(CNS(=O)(=O)CCc1ccccn1)CC(=O)O. The molecular weight excluding hydrogens is 284 g/mol. The maximum Gasteiger partial charge on any atom is 0.306 e. The average molecular weight is 302 g/mol. The van der Waals surface area contributed by atoms with Crippen molar-refractivity contribution in [3.05, 3.63) is 30.1 Å². The molecule has 3 N–H and O–H groups in total. The molecule has 0 amide bonds. The van der Waals surface area contributed by atoms with Crippen molar-refractivity contribution in [2.75, 3.05) is 12.3 Å². The Morgan fingerprint density at radius 3 is 2.70 bits per heavy atom. The molecule has 0 saturated heterocycles. The summed E-state index contributed by atoms with van der Waals surface area (Å²) < 4.78 is 25.7. The van der Waals surface area contributed by atoms with Crippen molar-refractivity contribution in [3.8, 4) is 0 Å². The van der Waals surface area contributed by atoms with Crippen LogP contribution < -0.4 is 4.72 Å². The Bertz CT molecular complexity index is 542. The molecule has 0 aliphatic carbocycles. The third-order valence-electron chi connectivity index (χ3n) is 2.56. The predicted molar refractivity (Wildman–Crippen MR) is 72.6 cm³/mol. The monoisotopic (exact) mass is 302 g/mol. The maximum atomic E-state index is 11.7. The lowest BCUT2D eigenvalue weighted by Gasteiger charge is -2.21. The molecule has 0 aliphatic heterocycles. The Kier molecular flexibility index (Phi) is 5.61. The number of aliphatic hydroxyl groups is 1. The second kappa shape index (κ2) is 6.78. The van der Waals surface area contributed by atoms with E-state index in [2.05, 4.69) is 9.71 Å². The molecule has 8 heteroatoms. The van der Waals surface area contributed by atoms with Gasteiger partial charge < -0.3 is 10.2 Å². The number of carboxylic acids is 1. The summed E-state index contributed by atoms with van der Waals surface area (Å²) in [6.07, 6.45) is 1.29. The zero-order chi connectivity index (χ0) is 15.2. The van der Waals surface area contributed by atoms with Crippen LogP contribution in [0.5, 0.6) is 0 Å². The van der Waals surface area contributed by atoms with Crippen LogP contribution in [0.25, 0.3) is 0 Å². The first-order valence-corrected chi connectivity index (χ1v) is 7.67. The Labute approximate surface area is 117 Å². The van der Waals surface area contributed by atoms with Gasteiger partial charge in [0.1, 0.15) is 0 Å². The van der Waals surface area contributed by atoms with E-state index >= 15 is 0 Å². The van der Waals surface area contributed by atoms with Crippen molar-refractivity contribution >= 4 is 16.0 Å². The van der Waals surface area contributed by atoms with Crippen LogP contribution in [0.3, 0.4) is 0 Å². The number of rotatable bonds is 8. The first-order chi connectivity index (χ1) is 9.20. The summed E-state index contributed by atoms with van der Waals surface area (Å²) in [7, 11) is -3.59. The third kappa shape index (κ3) is 6.60. The molecule has 0 spiro atoms. The lowest BCUT2D eigenvalue weighted by Crippen LogP contribution is -2.43. The summed E-state index contributed by atoms with van der Waals surface area (Å²) in [6, 6.07) is 5.22. The molecule has 0 fully saturated rings. The predicted octanol–water partition coefficient (Wildman–Crippen LogP) is -0.231. The van der Waals surface area contributed by atoms with Crippen molar-refractivity contribution in [1.82, 2.24) is 9.71 Å². The summed E-state index contributed by atoms with van der Waals surface area (Å²) in [5.74, 6) is -1.37. The van der Waals surface area contributed by atoms with Gasteiger partial charge in [-0.05, 0) is 19.1 Å². The van der Waals surface area contributed by atoms with Gasteiger partial charge in [0.15, 0.2) is 0 Å². The van der Waals surface area contributed by atoms with Gasteiger partial charge >= 0.3 is 5.97 Å². The number of pyridine rings is 1. The molecular formula is C12H18N2O5S. The molecule has 1 aromatic rings. The van der Waals surface area contributed by atoms with E-state index in [0.29, 0.717) is 5.69 Å². The van der Waals surface area contributed by atoms with E-state index in [0.717, 1.165) is 0 Å². The fourth-order valence-electron chi connectivity index (χ4n) is 1.51. The summed E-state index contributed by atoms with van der Waals surface area (Å²) in [4.78, 5) is 14.5. The highest BCUT2D eigenvalue weighted by atomic mass is 32.2. The number of aliphatic carboxylic acids is 1. The summed E-state index contributed by atoms with van der Waals surface area (Å²) in [5.41, 5.74) is -0.973. The molecule has 1 atom stereocenters. The quantitative estimate of drug-likeness (QED) is 0.610. The minimum absolute atomic E-state index is 0.173. The molecule has 112 valence electrons. The highest BCUT2D eigenvalue weighted by Crippen LogP contribution is 2.08. The van der Waals surface area contributed by atoms with Crippen LogP contribution >= 0.6 is 0 Å². The fourth-order valence-corrected chi connectivity index (χ4v) is 2.66. The molecule has 0 radical (unpaired) electrons. The summed E-state index contributed by atoms with van der Waals surface area (Å²) >= 11 is 0. The van der Waals surface area contributed by atoms with Gasteiger partial charge in [0, 0.05) is 24.9 Å². The van der Waals surface area contributed by atoms with Gasteiger partial charge in [-0.3, -0.25) is 9.78 Å². The minimum Gasteiger partial charge on any atom is -0.481 e. The van der Waals surface area contributed by atoms with Crippen LogP contribution in [0, 0.1) is 0 Å². The van der Waals surface area contributed by atoms with Crippen LogP contribution in [-0.2, 0) is 21.2 Å². The Morgan fingerprint density at radius 1 is 1.45 bits per heavy atom. The summed E-state index contributed by atoms with van der Waals surface area (Å²) in [5, 5.41) is 18.3. The van der Waals surface area contributed by atoms with Crippen molar-refractivity contribution in [3.63, 3.8) is 0 Å². The number of aromatic nitrogens is 1. The largest absolute Gasteiger partial charge is 0.481 e. The van der Waals surface area contributed by atoms with Gasteiger partial charge in [0.25, 0.3) is 0 Å². The van der Waals surface area contributed by atoms with E-state index in [1.807, 2.05) is 0 Å². The second-order valence-corrected chi connectivity index (χ2v) is 6.70. The minimum atomic E-state index is -3.59. The van der Waals surface area contributed by atoms with Crippen LogP contribution in [0.2, 0.25) is 0 Å². The standard InChI is InChI=1S/C12H18N2O5S/c1-12(17,8-11(15)16)9-14-20(18,19)7-5-10-4-2-3-6-13-10/h2-4,6,14,17H,5,7-9H2,1H3,(H,15,16). The number of nitrogens with zero attached hydrogens (tertiary/aromatic N) is 1. The van der Waals surface area contributed by atoms with Gasteiger partial charge in [0.05, 0.1) is 17.8 Å². The molecule has 1 aromatic heterocycles. The molecule has 20 heavy (non-hydrogen) atoms. The van der Waals surface area contributed by atoms with Crippen LogP contribution in [0.1, 0.15) is 19.0 Å². The van der Waals surface area contributed by atoms with Gasteiger partial charge in [0.2, 0.25) is 10.0 Å². The summed E-state index contributed by atoms with van der Waals surface area (Å²) in [6.45, 7) is 0.923. The van der Waals surface area contributed by atoms with E-state index < -0.39 is 28.0 Å². The third-order valence-corrected chi connectivity index (χ3v) is 3.88. The van der Waals surface area contributed by atoms with Crippen LogP contribution in [0.15, 0.2) is 24.4 Å². The highest BCUT2D eigenvalue weighted by molar-refractivity contribution is 7.89. The molecule has 1 unspecified atom stereocenters. The van der Waals surface area contributed by atoms with Crippen molar-refractivity contribution in [2.45, 2.75) is 25.4 Å². The zero-order valence-corrected chi connectivity index (χ0v) is 11.9. The normalized spacial score (nSPS) is 14.7. The molecule has 0 bridgehead atoms. The molecule has 1 rings (SSSR count). The number of hydrogen-bond donors (Lipinski definition) is 3. The van der Waals surface area contributed by atoms with E-state index in [-0.39, 0.29) is 18.7 Å². The van der Waals surface area contributed by atoms with Gasteiger partial charge in [-0.25, -0.2) is 13.1 Å². The number of carbonyl (C=O) groups is 1. The Hall–Kier alpha value is -1.51. The average Bonchev–Trinajstić information content (AvgIpc) is 2.34.